The Morgan fingerprint density at radius 1 is 0.682 bits per heavy atom. The molecule has 0 spiro atoms. The topological polar surface area (TPSA) is 17.1 Å². The van der Waals surface area contributed by atoms with Crippen molar-refractivity contribution >= 4 is 5.78 Å². The van der Waals surface area contributed by atoms with E-state index in [0.29, 0.717) is 0 Å². The van der Waals surface area contributed by atoms with Crippen molar-refractivity contribution in [2.45, 2.75) is 13.8 Å². The molecule has 0 aliphatic heterocycles. The predicted octanol–water partition coefficient (Wildman–Crippen LogP) is 5.20. The summed E-state index contributed by atoms with van der Waals surface area (Å²) >= 11 is 0. The first-order valence-electron chi connectivity index (χ1n) is 7.44. The molecule has 108 valence electrons. The lowest BCUT2D eigenvalue weighted by atomic mass is 9.91. The standard InChI is InChI=1S/C21H18O/c1-15-9-8-14-18(16(15)2)21(22)20-13-7-6-12-19(20)17-10-4-3-5-11-17/h3-14H,1-2H3. The van der Waals surface area contributed by atoms with Crippen LogP contribution in [0.15, 0.2) is 72.8 Å². The molecule has 0 bridgehead atoms. The third kappa shape index (κ3) is 2.58. The number of hydrogen-bond donors (Lipinski definition) is 0. The first kappa shape index (κ1) is 14.3. The zero-order valence-electron chi connectivity index (χ0n) is 12.8. The zero-order chi connectivity index (χ0) is 15.5. The summed E-state index contributed by atoms with van der Waals surface area (Å²) in [5, 5.41) is 0. The molecule has 1 heteroatoms. The number of carbonyl (C=O) groups is 1. The zero-order valence-corrected chi connectivity index (χ0v) is 12.8. The largest absolute Gasteiger partial charge is 0.289 e. The first-order chi connectivity index (χ1) is 10.7. The molecule has 3 rings (SSSR count). The van der Waals surface area contributed by atoms with Gasteiger partial charge in [-0.15, -0.1) is 0 Å². The van der Waals surface area contributed by atoms with Gasteiger partial charge in [0.1, 0.15) is 0 Å². The van der Waals surface area contributed by atoms with Crippen LogP contribution in [0.2, 0.25) is 0 Å². The third-order valence-corrected chi connectivity index (χ3v) is 4.11. The average molecular weight is 286 g/mol. The molecule has 0 radical (unpaired) electrons. The van der Waals surface area contributed by atoms with Gasteiger partial charge in [-0.2, -0.15) is 0 Å². The van der Waals surface area contributed by atoms with Gasteiger partial charge >= 0.3 is 0 Å². The number of hydrogen-bond acceptors (Lipinski definition) is 1. The number of benzene rings is 3. The molecule has 0 amide bonds. The van der Waals surface area contributed by atoms with E-state index in [9.17, 15) is 4.79 Å². The van der Waals surface area contributed by atoms with Crippen molar-refractivity contribution in [3.8, 4) is 11.1 Å². The molecular weight excluding hydrogens is 268 g/mol. The van der Waals surface area contributed by atoms with Gasteiger partial charge in [0.05, 0.1) is 0 Å². The molecule has 0 fully saturated rings. The Morgan fingerprint density at radius 3 is 2.09 bits per heavy atom. The van der Waals surface area contributed by atoms with Gasteiger partial charge in [-0.25, -0.2) is 0 Å². The van der Waals surface area contributed by atoms with Crippen molar-refractivity contribution < 1.29 is 4.79 Å². The predicted molar refractivity (Wildman–Crippen MR) is 91.2 cm³/mol. The maximum absolute atomic E-state index is 13.0. The third-order valence-electron chi connectivity index (χ3n) is 4.11. The highest BCUT2D eigenvalue weighted by Crippen LogP contribution is 2.26. The molecule has 0 unspecified atom stereocenters. The molecule has 0 N–H and O–H groups in total. The van der Waals surface area contributed by atoms with Gasteiger partial charge in [0.25, 0.3) is 0 Å². The maximum atomic E-state index is 13.0. The number of ketones is 1. The van der Waals surface area contributed by atoms with Crippen LogP contribution in [0, 0.1) is 13.8 Å². The minimum absolute atomic E-state index is 0.0839. The maximum Gasteiger partial charge on any atom is 0.193 e. The Labute approximate surface area is 131 Å². The summed E-state index contributed by atoms with van der Waals surface area (Å²) < 4.78 is 0. The molecule has 0 saturated heterocycles. The van der Waals surface area contributed by atoms with Crippen LogP contribution in [0.5, 0.6) is 0 Å². The van der Waals surface area contributed by atoms with E-state index in [0.717, 1.165) is 33.4 Å². The van der Waals surface area contributed by atoms with Crippen LogP contribution in [0.1, 0.15) is 27.0 Å². The summed E-state index contributed by atoms with van der Waals surface area (Å²) in [6.45, 7) is 4.04. The minimum Gasteiger partial charge on any atom is -0.289 e. The Morgan fingerprint density at radius 2 is 1.32 bits per heavy atom. The molecule has 0 aliphatic rings. The van der Waals surface area contributed by atoms with E-state index in [4.69, 9.17) is 0 Å². The summed E-state index contributed by atoms with van der Waals surface area (Å²) in [6, 6.07) is 23.8. The van der Waals surface area contributed by atoms with Crippen LogP contribution in [0.3, 0.4) is 0 Å². The lowest BCUT2D eigenvalue weighted by molar-refractivity contribution is 0.103. The fraction of sp³-hybridized carbons (Fsp3) is 0.0952. The van der Waals surface area contributed by atoms with E-state index in [2.05, 4.69) is 0 Å². The van der Waals surface area contributed by atoms with Gasteiger partial charge in [-0.1, -0.05) is 72.8 Å². The van der Waals surface area contributed by atoms with Crippen LogP contribution in [-0.2, 0) is 0 Å². The van der Waals surface area contributed by atoms with Crippen molar-refractivity contribution in [1.29, 1.82) is 0 Å². The number of aryl methyl sites for hydroxylation is 1. The molecule has 22 heavy (non-hydrogen) atoms. The summed E-state index contributed by atoms with van der Waals surface area (Å²) in [7, 11) is 0. The van der Waals surface area contributed by atoms with Gasteiger partial charge < -0.3 is 0 Å². The summed E-state index contributed by atoms with van der Waals surface area (Å²) in [6.07, 6.45) is 0. The second-order valence-corrected chi connectivity index (χ2v) is 5.49. The average Bonchev–Trinajstić information content (AvgIpc) is 2.57. The molecule has 0 heterocycles. The molecule has 0 aromatic heterocycles. The normalized spacial score (nSPS) is 10.5. The van der Waals surface area contributed by atoms with Crippen LogP contribution < -0.4 is 0 Å². The highest BCUT2D eigenvalue weighted by molar-refractivity contribution is 6.13. The monoisotopic (exact) mass is 286 g/mol. The summed E-state index contributed by atoms with van der Waals surface area (Å²) in [5.41, 5.74) is 5.77. The summed E-state index contributed by atoms with van der Waals surface area (Å²) in [5.74, 6) is 0.0839. The Hall–Kier alpha value is -2.67. The van der Waals surface area contributed by atoms with Crippen LogP contribution in [0.25, 0.3) is 11.1 Å². The van der Waals surface area contributed by atoms with Crippen LogP contribution >= 0.6 is 0 Å². The van der Waals surface area contributed by atoms with Crippen LogP contribution in [-0.4, -0.2) is 5.78 Å². The lowest BCUT2D eigenvalue weighted by Gasteiger charge is -2.12. The Bertz CT molecular complexity index is 816. The van der Waals surface area contributed by atoms with E-state index in [-0.39, 0.29) is 5.78 Å². The molecule has 3 aromatic carbocycles. The highest BCUT2D eigenvalue weighted by Gasteiger charge is 2.16. The fourth-order valence-corrected chi connectivity index (χ4v) is 2.69. The quantitative estimate of drug-likeness (QED) is 0.605. The lowest BCUT2D eigenvalue weighted by Crippen LogP contribution is -2.06. The molecular formula is C21H18O. The Balaban J connectivity index is 2.13. The van der Waals surface area contributed by atoms with E-state index >= 15 is 0 Å². The SMILES string of the molecule is Cc1cccc(C(=O)c2ccccc2-c2ccccc2)c1C. The summed E-state index contributed by atoms with van der Waals surface area (Å²) in [4.78, 5) is 13.0. The molecule has 1 nitrogen and oxygen atoms in total. The van der Waals surface area contributed by atoms with Crippen molar-refractivity contribution in [2.24, 2.45) is 0 Å². The van der Waals surface area contributed by atoms with Gasteiger partial charge in [0.2, 0.25) is 0 Å². The highest BCUT2D eigenvalue weighted by atomic mass is 16.1. The molecule has 3 aromatic rings. The first-order valence-corrected chi connectivity index (χ1v) is 7.44. The van der Waals surface area contributed by atoms with Gasteiger partial charge in [-0.05, 0) is 36.1 Å². The number of rotatable bonds is 3. The van der Waals surface area contributed by atoms with Crippen molar-refractivity contribution in [3.05, 3.63) is 95.1 Å². The van der Waals surface area contributed by atoms with E-state index in [1.165, 1.54) is 0 Å². The van der Waals surface area contributed by atoms with Crippen molar-refractivity contribution in [3.63, 3.8) is 0 Å². The van der Waals surface area contributed by atoms with E-state index in [1.807, 2.05) is 86.6 Å². The van der Waals surface area contributed by atoms with E-state index in [1.54, 1.807) is 0 Å². The smallest absolute Gasteiger partial charge is 0.193 e. The fourth-order valence-electron chi connectivity index (χ4n) is 2.69. The van der Waals surface area contributed by atoms with E-state index < -0.39 is 0 Å². The van der Waals surface area contributed by atoms with Crippen molar-refractivity contribution in [2.75, 3.05) is 0 Å². The van der Waals surface area contributed by atoms with Crippen molar-refractivity contribution in [1.82, 2.24) is 0 Å². The number of carbonyl (C=O) groups excluding carboxylic acids is 1. The Kier molecular flexibility index (Phi) is 3.88. The molecule has 0 saturated carbocycles. The van der Waals surface area contributed by atoms with Gasteiger partial charge in [0, 0.05) is 11.1 Å². The van der Waals surface area contributed by atoms with Crippen LogP contribution in [0.4, 0.5) is 0 Å². The molecule has 0 aliphatic carbocycles. The van der Waals surface area contributed by atoms with Gasteiger partial charge in [0.15, 0.2) is 5.78 Å². The minimum atomic E-state index is 0.0839. The van der Waals surface area contributed by atoms with Gasteiger partial charge in [-0.3, -0.25) is 4.79 Å². The second kappa shape index (κ2) is 5.98. The second-order valence-electron chi connectivity index (χ2n) is 5.49. The molecule has 0 atom stereocenters.